The van der Waals surface area contributed by atoms with Gasteiger partial charge in [0.15, 0.2) is 17.7 Å². The number of hydrogen-bond donors (Lipinski definition) is 11. The Morgan fingerprint density at radius 3 is 2.37 bits per heavy atom. The summed E-state index contributed by atoms with van der Waals surface area (Å²) >= 11 is 0.693. The summed E-state index contributed by atoms with van der Waals surface area (Å²) in [6.07, 6.45) is -8.64. The number of nitrogens with zero attached hydrogens (tertiary/aromatic N) is 4. The van der Waals surface area contributed by atoms with E-state index in [0.29, 0.717) is 11.8 Å². The number of fused-ring (bicyclic) bond motifs is 1. The second-order valence-corrected chi connectivity index (χ2v) is 17.3. The van der Waals surface area contributed by atoms with Crippen molar-refractivity contribution in [3.05, 3.63) is 12.7 Å². The molecule has 3 heterocycles. The van der Waals surface area contributed by atoms with Crippen molar-refractivity contribution in [1.82, 2.24) is 30.2 Å². The smallest absolute Gasteiger partial charge is 0.393 e. The van der Waals surface area contributed by atoms with Gasteiger partial charge in [0.2, 0.25) is 16.9 Å². The molecule has 0 aliphatic carbocycles. The summed E-state index contributed by atoms with van der Waals surface area (Å²) in [6.45, 7) is -0.594. The first kappa shape index (κ1) is 45.9. The van der Waals surface area contributed by atoms with E-state index in [9.17, 15) is 63.0 Å². The maximum absolute atomic E-state index is 12.6. The molecule has 2 aromatic heterocycles. The number of nitrogens with one attached hydrogen (secondary N) is 2. The van der Waals surface area contributed by atoms with Crippen LogP contribution in [-0.4, -0.2) is 146 Å². The molecule has 0 aromatic carbocycles. The normalized spacial score (nSPS) is 22.6. The minimum atomic E-state index is -5.58. The molecule has 0 bridgehead atoms. The highest BCUT2D eigenvalue weighted by molar-refractivity contribution is 8.13. The number of phosphoric acid groups is 3. The number of nitrogen functional groups attached to an aromatic ring is 1. The molecule has 1 aliphatic heterocycles. The molecule has 54 heavy (non-hydrogen) atoms. The zero-order chi connectivity index (χ0) is 40.6. The second-order valence-electron chi connectivity index (χ2n) is 11.9. The Morgan fingerprint density at radius 2 is 1.72 bits per heavy atom. The predicted octanol–water partition coefficient (Wildman–Crippen LogP) is -2.98. The number of amides is 2. The summed E-state index contributed by atoms with van der Waals surface area (Å²) in [4.78, 5) is 86.6. The molecule has 0 saturated carbocycles. The summed E-state index contributed by atoms with van der Waals surface area (Å²) in [5.74, 6) is -1.51. The molecule has 12 N–H and O–H groups in total. The summed E-state index contributed by atoms with van der Waals surface area (Å²) in [5.41, 5.74) is 4.20. The van der Waals surface area contributed by atoms with Gasteiger partial charge in [-0.05, 0) is 0 Å². The second kappa shape index (κ2) is 19.1. The van der Waals surface area contributed by atoms with Crippen LogP contribution in [0.1, 0.15) is 26.5 Å². The third-order valence-electron chi connectivity index (χ3n) is 7.19. The molecule has 3 rings (SSSR count). The van der Waals surface area contributed by atoms with E-state index in [0.717, 1.165) is 17.2 Å². The highest BCUT2D eigenvalue weighted by atomic mass is 32.2. The number of carbonyl (C=O) groups excluding carboxylic acids is 3. The highest BCUT2D eigenvalue weighted by Crippen LogP contribution is 2.61. The first-order valence-corrected chi connectivity index (χ1v) is 20.8. The van der Waals surface area contributed by atoms with Crippen molar-refractivity contribution >= 4 is 69.1 Å². The Bertz CT molecular complexity index is 1780. The monoisotopic (exact) mass is 855 g/mol. The Kier molecular flexibility index (Phi) is 16.2. The lowest BCUT2D eigenvalue weighted by molar-refractivity contribution is -0.137. The van der Waals surface area contributed by atoms with Gasteiger partial charge in [-0.3, -0.25) is 32.5 Å². The fourth-order valence-corrected chi connectivity index (χ4v) is 7.95. The van der Waals surface area contributed by atoms with Crippen LogP contribution in [0, 0.1) is 5.41 Å². The molecular weight excluding hydrogens is 815 g/mol. The van der Waals surface area contributed by atoms with Gasteiger partial charge in [-0.2, -0.15) is 4.31 Å². The molecule has 306 valence electrons. The van der Waals surface area contributed by atoms with Crippen molar-refractivity contribution in [2.45, 2.75) is 57.0 Å². The number of ether oxygens (including phenoxy) is 1. The van der Waals surface area contributed by atoms with Crippen LogP contribution in [0.4, 0.5) is 5.82 Å². The molecule has 2 amide bonds. The summed E-state index contributed by atoms with van der Waals surface area (Å²) < 4.78 is 61.8. The van der Waals surface area contributed by atoms with E-state index in [1.54, 1.807) is 0 Å². The molecule has 26 nitrogen and oxygen atoms in total. The van der Waals surface area contributed by atoms with Crippen LogP contribution in [0.15, 0.2) is 12.7 Å². The third-order valence-corrected chi connectivity index (χ3v) is 11.3. The van der Waals surface area contributed by atoms with E-state index < -0.39 is 102 Å². The fourth-order valence-electron chi connectivity index (χ4n) is 4.45. The molecule has 8 atom stereocenters. The quantitative estimate of drug-likeness (QED) is 0.0441. The van der Waals surface area contributed by atoms with Crippen LogP contribution in [0.3, 0.4) is 0 Å². The van der Waals surface area contributed by atoms with Crippen molar-refractivity contribution in [2.75, 3.05) is 44.4 Å². The van der Waals surface area contributed by atoms with Gasteiger partial charge < -0.3 is 61.1 Å². The molecule has 0 radical (unpaired) electrons. The molecule has 2 aromatic rings. The lowest BCUT2D eigenvalue weighted by atomic mass is 9.87. The molecule has 0 spiro atoms. The average molecular weight is 856 g/mol. The first-order chi connectivity index (χ1) is 25.0. The number of thioether (sulfide) groups is 1. The lowest BCUT2D eigenvalue weighted by Gasteiger charge is -2.30. The van der Waals surface area contributed by atoms with Gasteiger partial charge in [-0.1, -0.05) is 25.6 Å². The Labute approximate surface area is 309 Å². The summed E-state index contributed by atoms with van der Waals surface area (Å²) in [7, 11) is -16.4. The first-order valence-electron chi connectivity index (χ1n) is 15.3. The van der Waals surface area contributed by atoms with Gasteiger partial charge in [0, 0.05) is 30.7 Å². The number of aromatic nitrogens is 4. The number of nitrogens with two attached hydrogens (primary N) is 1. The Morgan fingerprint density at radius 1 is 1.06 bits per heavy atom. The standard InChI is InChI=1S/C24H40N7O19P3S/c1-24(2,18(36)21(37)27-4-3-14(34)26-5-6-54-23(38)12(33)7-32)9-47-53(44,45)50-52(42,43)46-8-13-17(49-51(39,40)41)16(35)22(48-13)31-11-30-15-19(25)28-10-29-20(15)31/h10-13,16-18,22,32-33,35-36H,3-9H2,1-2H3,(H,26,34)(H,27,37)(H,42,43)(H,44,45)(H2,25,28,29)(H2,39,40,41)/t12?,13-,16-,17-,18?,22-/m1/s1. The minimum absolute atomic E-state index is 0.0199. The minimum Gasteiger partial charge on any atom is -0.393 e. The van der Waals surface area contributed by atoms with Crippen LogP contribution in [-0.2, 0) is 50.7 Å². The Hall–Kier alpha value is -2.52. The zero-order valence-electron chi connectivity index (χ0n) is 28.3. The van der Waals surface area contributed by atoms with E-state index in [1.165, 1.54) is 13.8 Å². The van der Waals surface area contributed by atoms with Crippen LogP contribution in [0.25, 0.3) is 11.2 Å². The van der Waals surface area contributed by atoms with Gasteiger partial charge in [-0.15, -0.1) is 0 Å². The number of imidazole rings is 1. The third kappa shape index (κ3) is 13.3. The van der Waals surface area contributed by atoms with E-state index in [1.807, 2.05) is 0 Å². The van der Waals surface area contributed by atoms with Crippen molar-refractivity contribution in [2.24, 2.45) is 5.41 Å². The fraction of sp³-hybridized carbons (Fsp3) is 0.667. The Balaban J connectivity index is 1.51. The zero-order valence-corrected chi connectivity index (χ0v) is 31.8. The van der Waals surface area contributed by atoms with E-state index in [2.05, 4.69) is 34.4 Å². The van der Waals surface area contributed by atoms with Crippen molar-refractivity contribution < 1.29 is 90.7 Å². The molecule has 30 heteroatoms. The lowest BCUT2D eigenvalue weighted by Crippen LogP contribution is -2.46. The number of anilines is 1. The summed E-state index contributed by atoms with van der Waals surface area (Å²) in [5, 5.41) is 43.3. The SMILES string of the molecule is CC(C)(COP(=O)(O)OP(=O)(O)OC[C@H]1O[C@@H](n2cnc3c(N)ncnc32)[C@H](O)[C@@H]1OP(=O)(O)O)C(O)C(=O)NCCC(=O)NCCSC(=O)C(O)CO. The number of hydrogen-bond acceptors (Lipinski definition) is 20. The number of aliphatic hydroxyl groups excluding tert-OH is 4. The summed E-state index contributed by atoms with van der Waals surface area (Å²) in [6, 6.07) is 0. The maximum Gasteiger partial charge on any atom is 0.481 e. The van der Waals surface area contributed by atoms with E-state index in [4.69, 9.17) is 24.6 Å². The molecule has 4 unspecified atom stereocenters. The highest BCUT2D eigenvalue weighted by Gasteiger charge is 2.50. The van der Waals surface area contributed by atoms with Gasteiger partial charge in [0.05, 0.1) is 26.1 Å². The van der Waals surface area contributed by atoms with Crippen LogP contribution in [0.2, 0.25) is 0 Å². The van der Waals surface area contributed by atoms with Gasteiger partial charge in [-0.25, -0.2) is 28.6 Å². The number of rotatable bonds is 21. The number of carbonyl (C=O) groups is 3. The predicted molar refractivity (Wildman–Crippen MR) is 180 cm³/mol. The van der Waals surface area contributed by atoms with Crippen LogP contribution >= 0.6 is 35.2 Å². The topological polar surface area (TPSA) is 404 Å². The largest absolute Gasteiger partial charge is 0.481 e. The maximum atomic E-state index is 12.6. The van der Waals surface area contributed by atoms with Crippen molar-refractivity contribution in [3.8, 4) is 0 Å². The van der Waals surface area contributed by atoms with Crippen LogP contribution in [0.5, 0.6) is 0 Å². The van der Waals surface area contributed by atoms with Crippen molar-refractivity contribution in [1.29, 1.82) is 0 Å². The van der Waals surface area contributed by atoms with Crippen LogP contribution < -0.4 is 16.4 Å². The van der Waals surface area contributed by atoms with E-state index >= 15 is 0 Å². The molecule has 1 aliphatic rings. The number of phosphoric ester groups is 3. The molecular formula is C24H40N7O19P3S. The van der Waals surface area contributed by atoms with E-state index in [-0.39, 0.29) is 42.2 Å². The van der Waals surface area contributed by atoms with Gasteiger partial charge in [0.1, 0.15) is 42.4 Å². The number of aliphatic hydroxyl groups is 4. The van der Waals surface area contributed by atoms with Gasteiger partial charge >= 0.3 is 23.5 Å². The molecule has 1 fully saturated rings. The molecule has 1 saturated heterocycles. The van der Waals surface area contributed by atoms with Crippen molar-refractivity contribution in [3.63, 3.8) is 0 Å². The van der Waals surface area contributed by atoms with Gasteiger partial charge in [0.25, 0.3) is 0 Å². The average Bonchev–Trinajstić information content (AvgIpc) is 3.64.